The van der Waals surface area contributed by atoms with Gasteiger partial charge in [0.05, 0.1) is 0 Å². The van der Waals surface area contributed by atoms with E-state index in [-0.39, 0.29) is 5.78 Å². The molecule has 0 atom stereocenters. The summed E-state index contributed by atoms with van der Waals surface area (Å²) in [5.41, 5.74) is 1.45. The number of allylic oxidation sites excluding steroid dienone is 1. The van der Waals surface area contributed by atoms with Crippen molar-refractivity contribution in [2.45, 2.75) is 0 Å². The van der Waals surface area contributed by atoms with Crippen LogP contribution in [0.1, 0.15) is 15.9 Å². The predicted octanol–water partition coefficient (Wildman–Crippen LogP) is 4.01. The number of benzene rings is 2. The van der Waals surface area contributed by atoms with Crippen LogP contribution in [-0.4, -0.2) is 19.0 Å². The fraction of sp³-hybridized carbons (Fsp3) is 0.118. The quantitative estimate of drug-likeness (QED) is 0.635. The van der Waals surface area contributed by atoms with E-state index in [1.54, 1.807) is 30.3 Å². The van der Waals surface area contributed by atoms with Gasteiger partial charge < -0.3 is 9.47 Å². The van der Waals surface area contributed by atoms with Crippen LogP contribution in [0.2, 0.25) is 5.02 Å². The minimum absolute atomic E-state index is 0.0904. The van der Waals surface area contributed by atoms with Gasteiger partial charge >= 0.3 is 0 Å². The second kappa shape index (κ2) is 6.02. The first-order valence-electron chi connectivity index (χ1n) is 6.60. The van der Waals surface area contributed by atoms with Crippen molar-refractivity contribution in [3.63, 3.8) is 0 Å². The lowest BCUT2D eigenvalue weighted by Gasteiger charge is -2.18. The zero-order chi connectivity index (χ0) is 14.7. The maximum Gasteiger partial charge on any atom is 0.185 e. The molecule has 0 N–H and O–H groups in total. The summed E-state index contributed by atoms with van der Waals surface area (Å²) >= 11 is 5.88. The minimum atomic E-state index is -0.0904. The van der Waals surface area contributed by atoms with Gasteiger partial charge in [-0.05, 0) is 35.9 Å². The number of hydrogen-bond donors (Lipinski definition) is 0. The Kier molecular flexibility index (Phi) is 3.93. The Hall–Kier alpha value is -2.26. The first-order valence-corrected chi connectivity index (χ1v) is 6.98. The van der Waals surface area contributed by atoms with Crippen molar-refractivity contribution in [2.24, 2.45) is 0 Å². The molecule has 1 aliphatic rings. The molecule has 0 radical (unpaired) electrons. The number of fused-ring (bicyclic) bond motifs is 1. The summed E-state index contributed by atoms with van der Waals surface area (Å²) in [5, 5.41) is 0.550. The van der Waals surface area contributed by atoms with Crippen LogP contribution in [0.5, 0.6) is 11.5 Å². The highest BCUT2D eigenvalue weighted by molar-refractivity contribution is 6.31. The maximum absolute atomic E-state index is 12.1. The van der Waals surface area contributed by atoms with Crippen LogP contribution < -0.4 is 9.47 Å². The number of hydrogen-bond acceptors (Lipinski definition) is 3. The molecule has 0 fully saturated rings. The SMILES string of the molecule is O=C(C=Cc1ccc2c(c1)OCCO2)c1cccc(Cl)c1. The second-order valence-corrected chi connectivity index (χ2v) is 5.05. The lowest BCUT2D eigenvalue weighted by atomic mass is 10.1. The molecular weight excluding hydrogens is 288 g/mol. The lowest BCUT2D eigenvalue weighted by Crippen LogP contribution is -2.15. The number of rotatable bonds is 3. The van der Waals surface area contributed by atoms with E-state index in [9.17, 15) is 4.79 Å². The molecule has 1 aliphatic heterocycles. The first kappa shape index (κ1) is 13.7. The molecule has 0 saturated heterocycles. The molecular formula is C17H13ClO3. The van der Waals surface area contributed by atoms with E-state index in [1.165, 1.54) is 6.08 Å². The molecule has 0 aliphatic carbocycles. The molecule has 0 aromatic heterocycles. The van der Waals surface area contributed by atoms with Gasteiger partial charge in [-0.2, -0.15) is 0 Å². The monoisotopic (exact) mass is 300 g/mol. The minimum Gasteiger partial charge on any atom is -0.486 e. The van der Waals surface area contributed by atoms with Crippen LogP contribution >= 0.6 is 11.6 Å². The summed E-state index contributed by atoms with van der Waals surface area (Å²) in [6, 6.07) is 12.5. The van der Waals surface area contributed by atoms with E-state index in [1.807, 2.05) is 18.2 Å². The molecule has 1 heterocycles. The molecule has 2 aromatic rings. The Morgan fingerprint density at radius 1 is 1.05 bits per heavy atom. The molecule has 2 aromatic carbocycles. The standard InChI is InChI=1S/C17H13ClO3/c18-14-3-1-2-13(11-14)15(19)6-4-12-5-7-16-17(10-12)21-9-8-20-16/h1-7,10-11H,8-9H2. The summed E-state index contributed by atoms with van der Waals surface area (Å²) in [5.74, 6) is 1.35. The number of carbonyl (C=O) groups excluding carboxylic acids is 1. The van der Waals surface area contributed by atoms with Crippen molar-refractivity contribution in [2.75, 3.05) is 13.2 Å². The average Bonchev–Trinajstić information content (AvgIpc) is 2.52. The average molecular weight is 301 g/mol. The number of ether oxygens (including phenoxy) is 2. The smallest absolute Gasteiger partial charge is 0.185 e. The highest BCUT2D eigenvalue weighted by Crippen LogP contribution is 2.31. The van der Waals surface area contributed by atoms with Gasteiger partial charge in [-0.1, -0.05) is 35.9 Å². The van der Waals surface area contributed by atoms with E-state index < -0.39 is 0 Å². The van der Waals surface area contributed by atoms with Crippen LogP contribution in [0.25, 0.3) is 6.08 Å². The molecule has 0 amide bonds. The van der Waals surface area contributed by atoms with E-state index in [0.717, 1.165) is 11.3 Å². The van der Waals surface area contributed by atoms with Crippen molar-refractivity contribution in [1.82, 2.24) is 0 Å². The summed E-state index contributed by atoms with van der Waals surface area (Å²) in [7, 11) is 0. The second-order valence-electron chi connectivity index (χ2n) is 4.61. The largest absolute Gasteiger partial charge is 0.486 e. The van der Waals surface area contributed by atoms with Gasteiger partial charge in [-0.3, -0.25) is 4.79 Å². The van der Waals surface area contributed by atoms with E-state index >= 15 is 0 Å². The third kappa shape index (κ3) is 3.26. The van der Waals surface area contributed by atoms with Gasteiger partial charge in [0.2, 0.25) is 0 Å². The highest BCUT2D eigenvalue weighted by atomic mass is 35.5. The molecule has 106 valence electrons. The van der Waals surface area contributed by atoms with Gasteiger partial charge in [-0.15, -0.1) is 0 Å². The van der Waals surface area contributed by atoms with Crippen molar-refractivity contribution in [3.05, 3.63) is 64.7 Å². The van der Waals surface area contributed by atoms with Crippen LogP contribution in [0.15, 0.2) is 48.5 Å². The van der Waals surface area contributed by atoms with Crippen LogP contribution in [0.3, 0.4) is 0 Å². The van der Waals surface area contributed by atoms with E-state index in [4.69, 9.17) is 21.1 Å². The molecule has 21 heavy (non-hydrogen) atoms. The van der Waals surface area contributed by atoms with Crippen molar-refractivity contribution >= 4 is 23.5 Å². The molecule has 0 unspecified atom stereocenters. The van der Waals surface area contributed by atoms with Gasteiger partial charge in [0.1, 0.15) is 13.2 Å². The molecule has 4 heteroatoms. The number of halogens is 1. The van der Waals surface area contributed by atoms with Crippen LogP contribution in [0, 0.1) is 0 Å². The fourth-order valence-corrected chi connectivity index (χ4v) is 2.26. The molecule has 0 bridgehead atoms. The molecule has 0 saturated carbocycles. The molecule has 0 spiro atoms. The van der Waals surface area contributed by atoms with Gasteiger partial charge in [-0.25, -0.2) is 0 Å². The van der Waals surface area contributed by atoms with Gasteiger partial charge in [0.25, 0.3) is 0 Å². The number of carbonyl (C=O) groups is 1. The Balaban J connectivity index is 1.78. The summed E-state index contributed by atoms with van der Waals surface area (Å²) in [6.45, 7) is 1.11. The summed E-state index contributed by atoms with van der Waals surface area (Å²) < 4.78 is 11.0. The van der Waals surface area contributed by atoms with Crippen molar-refractivity contribution < 1.29 is 14.3 Å². The van der Waals surface area contributed by atoms with Crippen molar-refractivity contribution in [1.29, 1.82) is 0 Å². The topological polar surface area (TPSA) is 35.5 Å². The third-order valence-corrected chi connectivity index (χ3v) is 3.34. The van der Waals surface area contributed by atoms with Crippen LogP contribution in [0.4, 0.5) is 0 Å². The molecule has 3 nitrogen and oxygen atoms in total. The van der Waals surface area contributed by atoms with Gasteiger partial charge in [0, 0.05) is 10.6 Å². The zero-order valence-corrected chi connectivity index (χ0v) is 12.0. The van der Waals surface area contributed by atoms with Gasteiger partial charge in [0.15, 0.2) is 17.3 Å². The fourth-order valence-electron chi connectivity index (χ4n) is 2.07. The van der Waals surface area contributed by atoms with Crippen LogP contribution in [-0.2, 0) is 0 Å². The Bertz CT molecular complexity index is 707. The number of ketones is 1. The predicted molar refractivity (Wildman–Crippen MR) is 82.2 cm³/mol. The maximum atomic E-state index is 12.1. The third-order valence-electron chi connectivity index (χ3n) is 3.10. The van der Waals surface area contributed by atoms with E-state index in [2.05, 4.69) is 0 Å². The van der Waals surface area contributed by atoms with Crippen molar-refractivity contribution in [3.8, 4) is 11.5 Å². The Morgan fingerprint density at radius 2 is 1.86 bits per heavy atom. The Morgan fingerprint density at radius 3 is 2.67 bits per heavy atom. The lowest BCUT2D eigenvalue weighted by molar-refractivity contribution is 0.104. The summed E-state index contributed by atoms with van der Waals surface area (Å²) in [4.78, 5) is 12.1. The molecule has 3 rings (SSSR count). The normalized spacial score (nSPS) is 13.4. The first-order chi connectivity index (χ1) is 10.2. The zero-order valence-electron chi connectivity index (χ0n) is 11.2. The van der Waals surface area contributed by atoms with E-state index in [0.29, 0.717) is 29.5 Å². The summed E-state index contributed by atoms with van der Waals surface area (Å²) in [6.07, 6.45) is 3.28. The Labute approximate surface area is 127 Å². The highest BCUT2D eigenvalue weighted by Gasteiger charge is 2.11.